The van der Waals surface area contributed by atoms with Gasteiger partial charge in [-0.25, -0.2) is 4.68 Å². The van der Waals surface area contributed by atoms with Crippen LogP contribution in [-0.2, 0) is 6.54 Å². The summed E-state index contributed by atoms with van der Waals surface area (Å²) < 4.78 is 6.78. The second-order valence-corrected chi connectivity index (χ2v) is 5.93. The van der Waals surface area contributed by atoms with Gasteiger partial charge in [-0.3, -0.25) is 14.9 Å². The topological polar surface area (TPSA) is 99.3 Å². The van der Waals surface area contributed by atoms with Crippen molar-refractivity contribution in [3.8, 4) is 11.4 Å². The number of nitro benzene ring substituents is 1. The summed E-state index contributed by atoms with van der Waals surface area (Å²) in [4.78, 5) is 22.6. The fourth-order valence-corrected chi connectivity index (χ4v) is 2.57. The molecule has 0 radical (unpaired) electrons. The lowest BCUT2D eigenvalue weighted by Crippen LogP contribution is -2.22. The highest BCUT2D eigenvalue weighted by molar-refractivity contribution is 5.93. The highest BCUT2D eigenvalue weighted by Crippen LogP contribution is 2.19. The van der Waals surface area contributed by atoms with Crippen LogP contribution >= 0.6 is 0 Å². The van der Waals surface area contributed by atoms with Crippen molar-refractivity contribution >= 4 is 11.6 Å². The Morgan fingerprint density at radius 1 is 1.26 bits per heavy atom. The molecule has 0 bridgehead atoms. The van der Waals surface area contributed by atoms with Crippen molar-refractivity contribution in [1.29, 1.82) is 0 Å². The fraction of sp³-hybridized carbons (Fsp3) is 0.158. The zero-order valence-corrected chi connectivity index (χ0v) is 14.9. The number of hydrogen-bond acceptors (Lipinski definition) is 5. The van der Waals surface area contributed by atoms with Crippen LogP contribution in [0.4, 0.5) is 5.69 Å². The van der Waals surface area contributed by atoms with E-state index in [1.807, 2.05) is 25.1 Å². The quantitative estimate of drug-likeness (QED) is 0.534. The molecule has 0 saturated heterocycles. The van der Waals surface area contributed by atoms with E-state index in [9.17, 15) is 14.9 Å². The van der Waals surface area contributed by atoms with E-state index in [1.54, 1.807) is 25.4 Å². The number of benzene rings is 2. The third-order valence-corrected chi connectivity index (χ3v) is 4.10. The molecule has 0 atom stereocenters. The van der Waals surface area contributed by atoms with Crippen LogP contribution in [0.1, 0.15) is 21.5 Å². The number of carbonyl (C=O) groups is 1. The number of amides is 1. The van der Waals surface area contributed by atoms with E-state index in [4.69, 9.17) is 4.74 Å². The summed E-state index contributed by atoms with van der Waals surface area (Å²) >= 11 is 0. The Balaban J connectivity index is 1.67. The lowest BCUT2D eigenvalue weighted by molar-refractivity contribution is -0.384. The largest absolute Gasteiger partial charge is 0.496 e. The van der Waals surface area contributed by atoms with Gasteiger partial charge < -0.3 is 10.1 Å². The van der Waals surface area contributed by atoms with E-state index in [-0.39, 0.29) is 11.6 Å². The second kappa shape index (κ2) is 7.69. The van der Waals surface area contributed by atoms with Gasteiger partial charge in [0.25, 0.3) is 11.6 Å². The zero-order valence-electron chi connectivity index (χ0n) is 14.9. The normalized spacial score (nSPS) is 10.4. The third-order valence-electron chi connectivity index (χ3n) is 4.10. The molecule has 1 aromatic heterocycles. The average Bonchev–Trinajstić information content (AvgIpc) is 3.17. The molecule has 27 heavy (non-hydrogen) atoms. The van der Waals surface area contributed by atoms with Crippen LogP contribution in [0.2, 0.25) is 0 Å². The lowest BCUT2D eigenvalue weighted by atomic mass is 10.1. The molecule has 1 N–H and O–H groups in total. The fourth-order valence-electron chi connectivity index (χ4n) is 2.57. The SMILES string of the molecule is COc1cc(CNC(=O)c2cnn(-c3ccc([N+](=O)[O-])cc3)c2)ccc1C. The van der Waals surface area contributed by atoms with Gasteiger partial charge in [-0.1, -0.05) is 12.1 Å². The van der Waals surface area contributed by atoms with Gasteiger partial charge >= 0.3 is 0 Å². The molecule has 138 valence electrons. The molecule has 0 spiro atoms. The first-order valence-electron chi connectivity index (χ1n) is 8.19. The van der Waals surface area contributed by atoms with Crippen LogP contribution in [0.25, 0.3) is 5.69 Å². The number of ether oxygens (including phenoxy) is 1. The average molecular weight is 366 g/mol. The van der Waals surface area contributed by atoms with Crippen LogP contribution in [-0.4, -0.2) is 27.7 Å². The molecular formula is C19H18N4O4. The van der Waals surface area contributed by atoms with Gasteiger partial charge in [0.1, 0.15) is 5.75 Å². The molecule has 3 rings (SSSR count). The molecule has 0 fully saturated rings. The monoisotopic (exact) mass is 366 g/mol. The third kappa shape index (κ3) is 4.12. The number of nitrogens with zero attached hydrogens (tertiary/aromatic N) is 3. The van der Waals surface area contributed by atoms with Gasteiger partial charge in [0.2, 0.25) is 0 Å². The maximum atomic E-state index is 12.3. The highest BCUT2D eigenvalue weighted by Gasteiger charge is 2.11. The minimum Gasteiger partial charge on any atom is -0.496 e. The van der Waals surface area contributed by atoms with E-state index in [0.29, 0.717) is 17.8 Å². The number of methoxy groups -OCH3 is 1. The van der Waals surface area contributed by atoms with Gasteiger partial charge in [0, 0.05) is 24.9 Å². The highest BCUT2D eigenvalue weighted by atomic mass is 16.6. The molecule has 0 unspecified atom stereocenters. The number of carbonyl (C=O) groups excluding carboxylic acids is 1. The summed E-state index contributed by atoms with van der Waals surface area (Å²) in [5.41, 5.74) is 2.97. The number of hydrogen-bond donors (Lipinski definition) is 1. The van der Waals surface area contributed by atoms with Gasteiger partial charge in [0.15, 0.2) is 0 Å². The van der Waals surface area contributed by atoms with Gasteiger partial charge in [-0.05, 0) is 36.2 Å². The minimum atomic E-state index is -0.466. The smallest absolute Gasteiger partial charge is 0.269 e. The van der Waals surface area contributed by atoms with Crippen LogP contribution in [0, 0.1) is 17.0 Å². The molecule has 8 nitrogen and oxygen atoms in total. The summed E-state index contributed by atoms with van der Waals surface area (Å²) in [6.07, 6.45) is 3.03. The minimum absolute atomic E-state index is 0.00241. The Kier molecular flexibility index (Phi) is 5.16. The summed E-state index contributed by atoms with van der Waals surface area (Å²) in [7, 11) is 1.61. The van der Waals surface area contributed by atoms with E-state index in [1.165, 1.54) is 23.0 Å². The predicted molar refractivity (Wildman–Crippen MR) is 99.1 cm³/mol. The summed E-state index contributed by atoms with van der Waals surface area (Å²) in [6.45, 7) is 2.31. The summed E-state index contributed by atoms with van der Waals surface area (Å²) in [5, 5.41) is 17.7. The van der Waals surface area contributed by atoms with Crippen molar-refractivity contribution in [2.75, 3.05) is 7.11 Å². The molecule has 0 saturated carbocycles. The molecule has 8 heteroatoms. The van der Waals surface area contributed by atoms with Crippen LogP contribution < -0.4 is 10.1 Å². The van der Waals surface area contributed by atoms with Gasteiger partial charge in [-0.2, -0.15) is 5.10 Å². The lowest BCUT2D eigenvalue weighted by Gasteiger charge is -2.08. The number of nitro groups is 1. The summed E-state index contributed by atoms with van der Waals surface area (Å²) in [5.74, 6) is 0.510. The molecule has 1 heterocycles. The van der Waals surface area contributed by atoms with E-state index in [0.717, 1.165) is 16.9 Å². The van der Waals surface area contributed by atoms with Crippen LogP contribution in [0.5, 0.6) is 5.75 Å². The Bertz CT molecular complexity index is 980. The first-order chi connectivity index (χ1) is 13.0. The van der Waals surface area contributed by atoms with E-state index in [2.05, 4.69) is 10.4 Å². The number of rotatable bonds is 6. The Hall–Kier alpha value is -3.68. The van der Waals surface area contributed by atoms with Crippen molar-refractivity contribution in [1.82, 2.24) is 15.1 Å². The van der Waals surface area contributed by atoms with Crippen molar-refractivity contribution in [2.24, 2.45) is 0 Å². The molecule has 0 aliphatic heterocycles. The van der Waals surface area contributed by atoms with Crippen molar-refractivity contribution in [3.63, 3.8) is 0 Å². The van der Waals surface area contributed by atoms with Crippen LogP contribution in [0.3, 0.4) is 0 Å². The number of nitrogens with one attached hydrogen (secondary N) is 1. The number of aromatic nitrogens is 2. The first-order valence-corrected chi connectivity index (χ1v) is 8.19. The maximum Gasteiger partial charge on any atom is 0.269 e. The van der Waals surface area contributed by atoms with Crippen molar-refractivity contribution < 1.29 is 14.5 Å². The molecule has 2 aromatic carbocycles. The van der Waals surface area contributed by atoms with Crippen molar-refractivity contribution in [3.05, 3.63) is 81.7 Å². The molecule has 1 amide bonds. The van der Waals surface area contributed by atoms with E-state index < -0.39 is 4.92 Å². The standard InChI is InChI=1S/C19H18N4O4/c1-13-3-4-14(9-18(13)27-2)10-20-19(24)15-11-21-22(12-15)16-5-7-17(8-6-16)23(25)26/h3-9,11-12H,10H2,1-2H3,(H,20,24). The summed E-state index contributed by atoms with van der Waals surface area (Å²) in [6, 6.07) is 11.7. The molecule has 0 aliphatic carbocycles. The molecule has 3 aromatic rings. The van der Waals surface area contributed by atoms with Gasteiger partial charge in [-0.15, -0.1) is 0 Å². The van der Waals surface area contributed by atoms with Crippen molar-refractivity contribution in [2.45, 2.75) is 13.5 Å². The van der Waals surface area contributed by atoms with Gasteiger partial charge in [0.05, 0.1) is 29.5 Å². The number of aryl methyl sites for hydroxylation is 1. The second-order valence-electron chi connectivity index (χ2n) is 5.93. The van der Waals surface area contributed by atoms with Crippen LogP contribution in [0.15, 0.2) is 54.9 Å². The molecular weight excluding hydrogens is 348 g/mol. The molecule has 0 aliphatic rings. The maximum absolute atomic E-state index is 12.3. The van der Waals surface area contributed by atoms with E-state index >= 15 is 0 Å². The predicted octanol–water partition coefficient (Wildman–Crippen LogP) is 3.03. The Morgan fingerprint density at radius 3 is 2.67 bits per heavy atom. The zero-order chi connectivity index (χ0) is 19.4. The first kappa shape index (κ1) is 18.1. The Labute approximate surface area is 155 Å². The Morgan fingerprint density at radius 2 is 2.00 bits per heavy atom. The number of non-ortho nitro benzene ring substituents is 1.